The van der Waals surface area contributed by atoms with Crippen LogP contribution in [-0.4, -0.2) is 110 Å². The number of amides is 3. The van der Waals surface area contributed by atoms with Gasteiger partial charge in [-0.25, -0.2) is 0 Å². The highest BCUT2D eigenvalue weighted by atomic mass is 16.5. The van der Waals surface area contributed by atoms with Crippen molar-refractivity contribution in [1.82, 2.24) is 20.0 Å². The van der Waals surface area contributed by atoms with E-state index in [0.717, 1.165) is 92.5 Å². The molecule has 4 aliphatic rings. The fourth-order valence-electron chi connectivity index (χ4n) is 9.16. The van der Waals surface area contributed by atoms with Gasteiger partial charge in [-0.3, -0.25) is 29.5 Å². The van der Waals surface area contributed by atoms with Crippen LogP contribution in [0.4, 0.5) is 5.69 Å². The average molecular weight is 795 g/mol. The van der Waals surface area contributed by atoms with Crippen molar-refractivity contribution in [3.05, 3.63) is 125 Å². The van der Waals surface area contributed by atoms with E-state index < -0.39 is 6.04 Å². The van der Waals surface area contributed by atoms with Gasteiger partial charge < -0.3 is 24.2 Å². The van der Waals surface area contributed by atoms with Crippen LogP contribution in [0.3, 0.4) is 0 Å². The van der Waals surface area contributed by atoms with Crippen LogP contribution in [-0.2, 0) is 16.1 Å². The van der Waals surface area contributed by atoms with Crippen LogP contribution in [0.1, 0.15) is 71.6 Å². The van der Waals surface area contributed by atoms with E-state index >= 15 is 0 Å². The van der Waals surface area contributed by atoms with E-state index in [-0.39, 0.29) is 24.1 Å². The summed E-state index contributed by atoms with van der Waals surface area (Å²) in [6.45, 7) is 11.4. The van der Waals surface area contributed by atoms with Crippen LogP contribution in [0.25, 0.3) is 11.1 Å². The third kappa shape index (κ3) is 9.41. The number of carbonyl (C=O) groups is 3. The van der Waals surface area contributed by atoms with Crippen molar-refractivity contribution in [2.45, 2.75) is 51.6 Å². The lowest BCUT2D eigenvalue weighted by Gasteiger charge is -2.39. The molecule has 4 aromatic rings. The first-order valence-electron chi connectivity index (χ1n) is 21.1. The largest absolute Gasteiger partial charge is 0.569 e. The van der Waals surface area contributed by atoms with E-state index in [9.17, 15) is 14.4 Å². The molecule has 0 saturated carbocycles. The molecule has 2 N–H and O–H groups in total. The standard InChI is InChI=1S/C47H53BN5O6/c1-2-41(34-6-4-3-5-7-34)45(36-10-15-40(16-11-36)59-48-57)35-8-13-39(14-9-35)58-29-28-50-22-20-33(21-23-50)31-51-24-26-52(27-25-51)38-12-17-42-37(30-38)32-53(47(42)56)43-18-19-44(54)49-46(43)55/h3-17,30,33,43,57H,2,18-29,31-32H2,1H3,(H,49,54,55)/b45-41+/t43-/m0/s1. The number of likely N-dealkylation sites (tertiary alicyclic amines) is 1. The Balaban J connectivity index is 0.783. The lowest BCUT2D eigenvalue weighted by Crippen LogP contribution is -2.52. The zero-order valence-corrected chi connectivity index (χ0v) is 33.9. The Hall–Kier alpha value is -5.43. The number of piperidine rings is 2. The Bertz CT molecular complexity index is 2130. The molecule has 1 atom stereocenters. The van der Waals surface area contributed by atoms with Gasteiger partial charge in [-0.2, -0.15) is 0 Å². The molecule has 11 nitrogen and oxygen atoms in total. The van der Waals surface area contributed by atoms with Crippen LogP contribution < -0.4 is 19.6 Å². The number of piperazine rings is 1. The Kier molecular flexibility index (Phi) is 12.8. The third-order valence-corrected chi connectivity index (χ3v) is 12.4. The molecule has 305 valence electrons. The van der Waals surface area contributed by atoms with Gasteiger partial charge in [0.05, 0.1) is 0 Å². The summed E-state index contributed by atoms with van der Waals surface area (Å²) in [4.78, 5) is 46.4. The topological polar surface area (TPSA) is 115 Å². The summed E-state index contributed by atoms with van der Waals surface area (Å²) in [7, 11) is 0.701. The molecule has 0 aliphatic carbocycles. The molecule has 4 aromatic carbocycles. The predicted octanol–water partition coefficient (Wildman–Crippen LogP) is 5.64. The maximum atomic E-state index is 13.1. The molecule has 0 aromatic heterocycles. The molecule has 3 saturated heterocycles. The summed E-state index contributed by atoms with van der Waals surface area (Å²) in [6.07, 6.45) is 3.89. The molecule has 3 fully saturated rings. The molecule has 4 heterocycles. The van der Waals surface area contributed by atoms with Gasteiger partial charge in [0.25, 0.3) is 5.91 Å². The highest BCUT2D eigenvalue weighted by molar-refractivity contribution is 6.17. The number of anilines is 1. The number of benzene rings is 4. The van der Waals surface area contributed by atoms with Gasteiger partial charge in [0, 0.05) is 63.5 Å². The Morgan fingerprint density at radius 1 is 0.780 bits per heavy atom. The van der Waals surface area contributed by atoms with Crippen LogP contribution in [0, 0.1) is 5.92 Å². The molecule has 0 unspecified atom stereocenters. The van der Waals surface area contributed by atoms with E-state index in [1.54, 1.807) is 4.90 Å². The Labute approximate surface area is 347 Å². The summed E-state index contributed by atoms with van der Waals surface area (Å²) < 4.78 is 11.4. The Morgan fingerprint density at radius 2 is 1.47 bits per heavy atom. The summed E-state index contributed by atoms with van der Waals surface area (Å²) >= 11 is 0. The summed E-state index contributed by atoms with van der Waals surface area (Å²) in [5.74, 6) is 1.36. The van der Waals surface area contributed by atoms with Gasteiger partial charge >= 0.3 is 7.69 Å². The fraction of sp³-hybridized carbons (Fsp3) is 0.383. The molecule has 59 heavy (non-hydrogen) atoms. The summed E-state index contributed by atoms with van der Waals surface area (Å²) in [6, 6.07) is 32.2. The number of rotatable bonds is 14. The number of nitrogens with zero attached hydrogens (tertiary/aromatic N) is 4. The van der Waals surface area contributed by atoms with Crippen molar-refractivity contribution in [2.75, 3.05) is 63.9 Å². The molecule has 8 rings (SSSR count). The highest BCUT2D eigenvalue weighted by Crippen LogP contribution is 2.36. The van der Waals surface area contributed by atoms with Crippen molar-refractivity contribution < 1.29 is 28.8 Å². The summed E-state index contributed by atoms with van der Waals surface area (Å²) in [5.41, 5.74) is 8.53. The predicted molar refractivity (Wildman–Crippen MR) is 230 cm³/mol. The van der Waals surface area contributed by atoms with Crippen LogP contribution in [0.5, 0.6) is 11.5 Å². The van der Waals surface area contributed by atoms with Crippen molar-refractivity contribution in [3.63, 3.8) is 0 Å². The number of nitrogens with one attached hydrogen (secondary N) is 1. The SMILES string of the molecule is CC/C(=C(\c1ccc(O[B]O)cc1)c1ccc(OCCN2CCC(CN3CCN(c4ccc5c(c4)CN([C@H]4CCC(=O)NC4=O)C5=O)CC3)CC2)cc1)c1ccccc1. The number of allylic oxidation sites excluding steroid dienone is 1. The van der Waals surface area contributed by atoms with Crippen molar-refractivity contribution in [2.24, 2.45) is 5.92 Å². The first-order valence-corrected chi connectivity index (χ1v) is 21.1. The van der Waals surface area contributed by atoms with Crippen molar-refractivity contribution in [3.8, 4) is 11.5 Å². The number of hydrogen-bond acceptors (Lipinski definition) is 9. The van der Waals surface area contributed by atoms with Crippen LogP contribution in [0.15, 0.2) is 97.1 Å². The zero-order valence-electron chi connectivity index (χ0n) is 33.9. The minimum atomic E-state index is -0.591. The first-order chi connectivity index (χ1) is 28.9. The maximum Gasteiger partial charge on any atom is 0.569 e. The molecule has 12 heteroatoms. The van der Waals surface area contributed by atoms with Gasteiger partial charge in [0.15, 0.2) is 0 Å². The third-order valence-electron chi connectivity index (χ3n) is 12.4. The molecule has 1 radical (unpaired) electrons. The number of imide groups is 1. The second-order valence-electron chi connectivity index (χ2n) is 16.0. The minimum Gasteiger partial charge on any atom is -0.537 e. The molecule has 3 amide bonds. The van der Waals surface area contributed by atoms with Crippen molar-refractivity contribution >= 4 is 42.2 Å². The first kappa shape index (κ1) is 40.4. The van der Waals surface area contributed by atoms with Crippen LogP contribution >= 0.6 is 0 Å². The second kappa shape index (κ2) is 18.7. The maximum absolute atomic E-state index is 13.1. The van der Waals surface area contributed by atoms with Crippen LogP contribution in [0.2, 0.25) is 0 Å². The average Bonchev–Trinajstić information content (AvgIpc) is 3.59. The second-order valence-corrected chi connectivity index (χ2v) is 16.0. The Morgan fingerprint density at radius 3 is 2.14 bits per heavy atom. The molecular formula is C47H53BN5O6. The highest BCUT2D eigenvalue weighted by Gasteiger charge is 2.39. The molecule has 4 aliphatic heterocycles. The van der Waals surface area contributed by atoms with Gasteiger partial charge in [0.2, 0.25) is 11.8 Å². The zero-order chi connectivity index (χ0) is 40.7. The van der Waals surface area contributed by atoms with E-state index in [0.29, 0.717) is 44.5 Å². The van der Waals surface area contributed by atoms with Gasteiger partial charge in [-0.1, -0.05) is 61.5 Å². The van der Waals surface area contributed by atoms with E-state index in [4.69, 9.17) is 14.4 Å². The van der Waals surface area contributed by atoms with E-state index in [1.807, 2.05) is 42.5 Å². The number of hydrogen-bond donors (Lipinski definition) is 2. The number of ether oxygens (including phenoxy) is 1. The summed E-state index contributed by atoms with van der Waals surface area (Å²) in [5, 5.41) is 11.5. The minimum absolute atomic E-state index is 0.127. The normalized spacial score (nSPS) is 19.6. The van der Waals surface area contributed by atoms with Crippen molar-refractivity contribution in [1.29, 1.82) is 0 Å². The quantitative estimate of drug-likeness (QED) is 0.0953. The van der Waals surface area contributed by atoms with E-state index in [1.165, 1.54) is 24.0 Å². The number of fused-ring (bicyclic) bond motifs is 1. The lowest BCUT2D eigenvalue weighted by atomic mass is 9.88. The van der Waals surface area contributed by atoms with E-state index in [2.05, 4.69) is 81.5 Å². The smallest absolute Gasteiger partial charge is 0.537 e. The van der Waals surface area contributed by atoms with Gasteiger partial charge in [0.1, 0.15) is 24.1 Å². The molecular weight excluding hydrogens is 741 g/mol. The van der Waals surface area contributed by atoms with Gasteiger partial charge in [-0.05, 0) is 121 Å². The monoisotopic (exact) mass is 794 g/mol. The molecule has 0 spiro atoms. The lowest BCUT2D eigenvalue weighted by molar-refractivity contribution is -0.136. The fourth-order valence-corrected chi connectivity index (χ4v) is 9.16. The molecule has 0 bridgehead atoms. The van der Waals surface area contributed by atoms with Gasteiger partial charge in [-0.15, -0.1) is 0 Å². The number of carbonyl (C=O) groups excluding carboxylic acids is 3.